The van der Waals surface area contributed by atoms with Crippen molar-refractivity contribution in [2.24, 2.45) is 11.8 Å². The number of anilines is 2. The molecule has 164 valence electrons. The molecular formula is C22H31N3O4S. The summed E-state index contributed by atoms with van der Waals surface area (Å²) in [5, 5.41) is 9.74. The second-order valence-corrected chi connectivity index (χ2v) is 9.88. The Morgan fingerprint density at radius 2 is 1.67 bits per heavy atom. The summed E-state index contributed by atoms with van der Waals surface area (Å²) in [6.07, 6.45) is 2.18. The first-order valence-corrected chi connectivity index (χ1v) is 11.6. The van der Waals surface area contributed by atoms with E-state index in [1.165, 1.54) is 24.4 Å². The molecule has 0 fully saturated rings. The van der Waals surface area contributed by atoms with E-state index in [1.54, 1.807) is 12.1 Å². The van der Waals surface area contributed by atoms with Crippen molar-refractivity contribution in [3.05, 3.63) is 47.7 Å². The van der Waals surface area contributed by atoms with Crippen molar-refractivity contribution < 1.29 is 18.3 Å². The van der Waals surface area contributed by atoms with Crippen molar-refractivity contribution in [2.75, 3.05) is 22.7 Å². The average molecular weight is 434 g/mol. The van der Waals surface area contributed by atoms with E-state index < -0.39 is 16.0 Å². The van der Waals surface area contributed by atoms with Gasteiger partial charge in [0.15, 0.2) is 0 Å². The maximum absolute atomic E-state index is 12.7. The van der Waals surface area contributed by atoms with Crippen molar-refractivity contribution in [1.29, 1.82) is 0 Å². The number of hydrogen-bond donors (Lipinski definition) is 2. The molecule has 0 aliphatic carbocycles. The number of rotatable bonds is 10. The number of nitrogens with one attached hydrogen (secondary N) is 1. The zero-order valence-electron chi connectivity index (χ0n) is 18.2. The number of hydrogen-bond acceptors (Lipinski definition) is 5. The van der Waals surface area contributed by atoms with Gasteiger partial charge in [-0.05, 0) is 42.0 Å². The summed E-state index contributed by atoms with van der Waals surface area (Å²) in [5.74, 6) is -0.170. The third kappa shape index (κ3) is 6.19. The molecule has 0 atom stereocenters. The Hall–Kier alpha value is -2.61. The van der Waals surface area contributed by atoms with Crippen LogP contribution in [0.2, 0.25) is 0 Å². The van der Waals surface area contributed by atoms with Crippen molar-refractivity contribution in [2.45, 2.75) is 45.9 Å². The minimum absolute atomic E-state index is 0.0298. The highest BCUT2D eigenvalue weighted by molar-refractivity contribution is 7.92. The molecule has 0 amide bonds. The molecular weight excluding hydrogens is 402 g/mol. The molecule has 2 rings (SSSR count). The highest BCUT2D eigenvalue weighted by atomic mass is 32.2. The second kappa shape index (κ2) is 9.93. The van der Waals surface area contributed by atoms with Crippen LogP contribution in [0.4, 0.5) is 11.5 Å². The summed E-state index contributed by atoms with van der Waals surface area (Å²) in [5.41, 5.74) is 1.12. The van der Waals surface area contributed by atoms with E-state index in [0.717, 1.165) is 12.0 Å². The molecule has 30 heavy (non-hydrogen) atoms. The molecule has 2 N–H and O–H groups in total. The van der Waals surface area contributed by atoms with Gasteiger partial charge in [0.25, 0.3) is 10.0 Å². The highest BCUT2D eigenvalue weighted by Crippen LogP contribution is 2.25. The van der Waals surface area contributed by atoms with E-state index in [2.05, 4.69) is 37.4 Å². The third-order valence-electron chi connectivity index (χ3n) is 4.46. The lowest BCUT2D eigenvalue weighted by Crippen LogP contribution is -2.33. The number of pyridine rings is 1. The fraction of sp³-hybridized carbons (Fsp3) is 0.455. The molecule has 7 nitrogen and oxygen atoms in total. The molecule has 1 heterocycles. The number of nitrogens with zero attached hydrogens (tertiary/aromatic N) is 2. The molecule has 1 aromatic carbocycles. The minimum atomic E-state index is -3.85. The fourth-order valence-electron chi connectivity index (χ4n) is 3.17. The van der Waals surface area contributed by atoms with E-state index in [9.17, 15) is 18.3 Å². The Morgan fingerprint density at radius 3 is 2.13 bits per heavy atom. The zero-order valence-corrected chi connectivity index (χ0v) is 19.0. The molecule has 0 radical (unpaired) electrons. The lowest BCUT2D eigenvalue weighted by molar-refractivity contribution is 0.0697. The van der Waals surface area contributed by atoms with E-state index in [1.807, 2.05) is 11.8 Å². The van der Waals surface area contributed by atoms with Gasteiger partial charge in [-0.15, -0.1) is 0 Å². The van der Waals surface area contributed by atoms with Crippen molar-refractivity contribution in [3.63, 3.8) is 0 Å². The van der Waals surface area contributed by atoms with Crippen LogP contribution in [0.3, 0.4) is 0 Å². The van der Waals surface area contributed by atoms with Gasteiger partial charge >= 0.3 is 5.97 Å². The van der Waals surface area contributed by atoms with Crippen molar-refractivity contribution in [1.82, 2.24) is 4.98 Å². The van der Waals surface area contributed by atoms with Crippen LogP contribution < -0.4 is 9.62 Å². The van der Waals surface area contributed by atoms with Crippen LogP contribution in [0.15, 0.2) is 41.4 Å². The number of carboxylic acids is 1. The van der Waals surface area contributed by atoms with Gasteiger partial charge in [0.1, 0.15) is 11.4 Å². The Bertz CT molecular complexity index is 960. The van der Waals surface area contributed by atoms with E-state index in [-0.39, 0.29) is 16.1 Å². The summed E-state index contributed by atoms with van der Waals surface area (Å²) in [6, 6.07) is 7.92. The maximum Gasteiger partial charge on any atom is 0.339 e. The molecule has 0 aliphatic rings. The summed E-state index contributed by atoms with van der Waals surface area (Å²) >= 11 is 0. The number of sulfonamides is 1. The quantitative estimate of drug-likeness (QED) is 0.581. The minimum Gasteiger partial charge on any atom is -0.478 e. The van der Waals surface area contributed by atoms with E-state index >= 15 is 0 Å². The van der Waals surface area contributed by atoms with Gasteiger partial charge < -0.3 is 10.0 Å². The van der Waals surface area contributed by atoms with Gasteiger partial charge in [0.05, 0.1) is 16.8 Å². The van der Waals surface area contributed by atoms with Gasteiger partial charge in [0.2, 0.25) is 0 Å². The summed E-state index contributed by atoms with van der Waals surface area (Å²) in [6.45, 7) is 11.5. The first-order chi connectivity index (χ1) is 14.0. The van der Waals surface area contributed by atoms with Crippen LogP contribution in [-0.4, -0.2) is 37.6 Å². The average Bonchev–Trinajstić information content (AvgIpc) is 2.66. The maximum atomic E-state index is 12.7. The summed E-state index contributed by atoms with van der Waals surface area (Å²) < 4.78 is 27.8. The summed E-state index contributed by atoms with van der Waals surface area (Å²) in [7, 11) is -3.85. The topological polar surface area (TPSA) is 99.6 Å². The number of benzene rings is 1. The number of carbonyl (C=O) groups is 1. The Kier molecular flexibility index (Phi) is 7.83. The number of carboxylic acid groups (broad SMARTS) is 1. The second-order valence-electron chi connectivity index (χ2n) is 8.20. The highest BCUT2D eigenvalue weighted by Gasteiger charge is 2.22. The summed E-state index contributed by atoms with van der Waals surface area (Å²) in [4.78, 5) is 18.3. The normalized spacial score (nSPS) is 11.7. The van der Waals surface area contributed by atoms with Crippen LogP contribution in [0.1, 0.15) is 50.5 Å². The van der Waals surface area contributed by atoms with E-state index in [0.29, 0.717) is 30.7 Å². The van der Waals surface area contributed by atoms with E-state index in [4.69, 9.17) is 0 Å². The molecule has 0 spiro atoms. The SMILES string of the molecule is CCc1ccc(S(=O)(=O)Nc2cnc(N(CC(C)C)CC(C)C)c(C(=O)O)c2)cc1. The molecule has 0 bridgehead atoms. The van der Waals surface area contributed by atoms with Crippen LogP contribution in [0.5, 0.6) is 0 Å². The van der Waals surface area contributed by atoms with Crippen LogP contribution in [0.25, 0.3) is 0 Å². The fourth-order valence-corrected chi connectivity index (χ4v) is 4.20. The van der Waals surface area contributed by atoms with Gasteiger partial charge in [-0.3, -0.25) is 4.72 Å². The lowest BCUT2D eigenvalue weighted by atomic mass is 10.1. The third-order valence-corrected chi connectivity index (χ3v) is 5.86. The molecule has 1 aromatic heterocycles. The predicted octanol–water partition coefficient (Wildman–Crippen LogP) is 4.26. The Morgan fingerprint density at radius 1 is 1.10 bits per heavy atom. The number of aromatic carboxylic acids is 1. The van der Waals surface area contributed by atoms with Gasteiger partial charge in [-0.2, -0.15) is 0 Å². The number of aryl methyl sites for hydroxylation is 1. The molecule has 0 aliphatic heterocycles. The predicted molar refractivity (Wildman–Crippen MR) is 120 cm³/mol. The molecule has 2 aromatic rings. The Labute approximate surface area is 179 Å². The molecule has 0 saturated carbocycles. The van der Waals surface area contributed by atoms with Crippen LogP contribution in [-0.2, 0) is 16.4 Å². The van der Waals surface area contributed by atoms with Crippen LogP contribution in [0, 0.1) is 11.8 Å². The lowest BCUT2D eigenvalue weighted by Gasteiger charge is -2.28. The largest absolute Gasteiger partial charge is 0.478 e. The molecule has 0 unspecified atom stereocenters. The van der Waals surface area contributed by atoms with Crippen LogP contribution >= 0.6 is 0 Å². The van der Waals surface area contributed by atoms with Gasteiger partial charge in [-0.1, -0.05) is 46.8 Å². The van der Waals surface area contributed by atoms with Gasteiger partial charge in [-0.25, -0.2) is 18.2 Å². The molecule has 0 saturated heterocycles. The monoisotopic (exact) mass is 433 g/mol. The zero-order chi connectivity index (χ0) is 22.5. The first-order valence-electron chi connectivity index (χ1n) is 10.1. The van der Waals surface area contributed by atoms with Crippen molar-refractivity contribution in [3.8, 4) is 0 Å². The van der Waals surface area contributed by atoms with Gasteiger partial charge in [0, 0.05) is 13.1 Å². The van der Waals surface area contributed by atoms with Crippen molar-refractivity contribution >= 4 is 27.5 Å². The number of aromatic nitrogens is 1. The molecule has 8 heteroatoms. The first kappa shape index (κ1) is 23.7. The Balaban J connectivity index is 2.38. The standard InChI is InChI=1S/C22H31N3O4S/c1-6-17-7-9-19(10-8-17)30(28,29)24-18-11-20(22(26)27)21(23-12-18)25(13-15(2)3)14-16(4)5/h7-12,15-16,24H,6,13-14H2,1-5H3,(H,26,27). The smallest absolute Gasteiger partial charge is 0.339 e.